The predicted octanol–water partition coefficient (Wildman–Crippen LogP) is 10.9. The van der Waals surface area contributed by atoms with Gasteiger partial charge in [-0.05, 0) is 77.2 Å². The van der Waals surface area contributed by atoms with Gasteiger partial charge in [0.25, 0.3) is 0 Å². The van der Waals surface area contributed by atoms with Crippen LogP contribution in [0.3, 0.4) is 0 Å². The van der Waals surface area contributed by atoms with Crippen LogP contribution in [0.5, 0.6) is 5.75 Å². The summed E-state index contributed by atoms with van der Waals surface area (Å²) in [4.78, 5) is 0. The van der Waals surface area contributed by atoms with Gasteiger partial charge in [0.1, 0.15) is 40.4 Å². The molecule has 45 heavy (non-hydrogen) atoms. The van der Waals surface area contributed by atoms with Gasteiger partial charge in [0.2, 0.25) is 0 Å². The van der Waals surface area contributed by atoms with E-state index in [1.807, 2.05) is 6.92 Å². The summed E-state index contributed by atoms with van der Waals surface area (Å²) in [6, 6.07) is 11.7. The second-order valence-electron chi connectivity index (χ2n) is 10.1. The van der Waals surface area contributed by atoms with Crippen molar-refractivity contribution in [1.82, 2.24) is 0 Å². The van der Waals surface area contributed by atoms with Crippen molar-refractivity contribution in [3.8, 4) is 39.1 Å². The molecular weight excluding hydrogens is 614 g/mol. The normalized spacial score (nSPS) is 11.6. The highest BCUT2D eigenvalue weighted by Crippen LogP contribution is 2.39. The number of ether oxygens (including phenoxy) is 1. The summed E-state index contributed by atoms with van der Waals surface area (Å²) in [5.41, 5.74) is -2.63. The van der Waals surface area contributed by atoms with Gasteiger partial charge in [-0.1, -0.05) is 37.6 Å². The van der Waals surface area contributed by atoms with Gasteiger partial charge in [-0.2, -0.15) is 8.78 Å². The van der Waals surface area contributed by atoms with Gasteiger partial charge < -0.3 is 4.74 Å². The first kappa shape index (κ1) is 31.6. The van der Waals surface area contributed by atoms with Crippen molar-refractivity contribution in [3.05, 3.63) is 137 Å². The van der Waals surface area contributed by atoms with Crippen LogP contribution in [0.15, 0.2) is 78.9 Å². The average Bonchev–Trinajstić information content (AvgIpc) is 2.95. The van der Waals surface area contributed by atoms with Crippen molar-refractivity contribution < 1.29 is 48.6 Å². The number of rotatable bonds is 8. The Hall–Kier alpha value is -4.80. The Morgan fingerprint density at radius 2 is 0.978 bits per heavy atom. The number of alkyl halides is 2. The summed E-state index contributed by atoms with van der Waals surface area (Å²) in [5.74, 6) is -12.5. The van der Waals surface area contributed by atoms with Gasteiger partial charge in [-0.3, -0.25) is 0 Å². The zero-order valence-corrected chi connectivity index (χ0v) is 23.1. The minimum atomic E-state index is -4.71. The van der Waals surface area contributed by atoms with Gasteiger partial charge >= 0.3 is 6.11 Å². The van der Waals surface area contributed by atoms with E-state index in [1.165, 1.54) is 18.2 Å². The first-order valence-electron chi connectivity index (χ1n) is 13.4. The monoisotopic (exact) mass is 634 g/mol. The molecule has 5 aromatic rings. The lowest BCUT2D eigenvalue weighted by molar-refractivity contribution is -0.189. The van der Waals surface area contributed by atoms with Crippen molar-refractivity contribution >= 4 is 0 Å². The molecule has 0 aliphatic heterocycles. The standard InChI is InChI=1S/C34H20F10O/c1-2-3-17-4-7-22(25(35)10-17)18-5-8-23(26(36)11-18)19-12-28(38)32(29(39)13-19)34(43,44)45-21-6-9-24(27(37)16-21)20-14-30(40)33(42)31(41)15-20/h4-16H,2-3H2,1H3. The van der Waals surface area contributed by atoms with Gasteiger partial charge in [0.05, 0.1) is 0 Å². The second-order valence-corrected chi connectivity index (χ2v) is 10.1. The first-order chi connectivity index (χ1) is 21.3. The third-order valence-electron chi connectivity index (χ3n) is 6.98. The molecule has 0 unspecified atom stereocenters. The summed E-state index contributed by atoms with van der Waals surface area (Å²) in [6.45, 7) is 1.93. The van der Waals surface area contributed by atoms with E-state index in [0.717, 1.165) is 36.2 Å². The van der Waals surface area contributed by atoms with Crippen LogP contribution < -0.4 is 4.74 Å². The van der Waals surface area contributed by atoms with Crippen LogP contribution in [0.25, 0.3) is 33.4 Å². The molecule has 0 aliphatic carbocycles. The second kappa shape index (κ2) is 12.3. The quantitative estimate of drug-likeness (QED) is 0.122. The SMILES string of the molecule is CCCc1ccc(-c2ccc(-c3cc(F)c(C(F)(F)Oc4ccc(-c5cc(F)c(F)c(F)c5)c(F)c4)c(F)c3)c(F)c2)c(F)c1. The fraction of sp³-hybridized carbons (Fsp3) is 0.118. The molecule has 0 spiro atoms. The Balaban J connectivity index is 1.41. The van der Waals surface area contributed by atoms with Gasteiger partial charge in [0, 0.05) is 22.8 Å². The van der Waals surface area contributed by atoms with Gasteiger partial charge in [0.15, 0.2) is 17.5 Å². The third kappa shape index (κ3) is 6.38. The lowest BCUT2D eigenvalue weighted by Crippen LogP contribution is -2.25. The van der Waals surface area contributed by atoms with E-state index >= 15 is 4.39 Å². The molecular formula is C34H20F10O. The van der Waals surface area contributed by atoms with Crippen LogP contribution in [-0.4, -0.2) is 0 Å². The maximum atomic E-state index is 15.1. The van der Waals surface area contributed by atoms with Crippen LogP contribution in [0.1, 0.15) is 24.5 Å². The zero-order chi connectivity index (χ0) is 32.6. The smallest absolute Gasteiger partial charge is 0.429 e. The van der Waals surface area contributed by atoms with E-state index in [1.54, 1.807) is 6.07 Å². The minimum absolute atomic E-state index is 0.0891. The highest BCUT2D eigenvalue weighted by Gasteiger charge is 2.41. The van der Waals surface area contributed by atoms with Crippen LogP contribution in [0, 0.1) is 46.5 Å². The summed E-state index contributed by atoms with van der Waals surface area (Å²) in [7, 11) is 0. The maximum Gasteiger partial charge on any atom is 0.432 e. The first-order valence-corrected chi connectivity index (χ1v) is 13.4. The van der Waals surface area contributed by atoms with E-state index < -0.39 is 80.6 Å². The lowest BCUT2D eigenvalue weighted by atomic mass is 9.97. The Morgan fingerprint density at radius 3 is 1.51 bits per heavy atom. The Kier molecular flexibility index (Phi) is 8.64. The molecule has 0 heterocycles. The van der Waals surface area contributed by atoms with E-state index in [0.29, 0.717) is 36.8 Å². The number of aryl methyl sites for hydroxylation is 1. The van der Waals surface area contributed by atoms with Crippen molar-refractivity contribution in [2.24, 2.45) is 0 Å². The molecule has 232 valence electrons. The largest absolute Gasteiger partial charge is 0.432 e. The lowest BCUT2D eigenvalue weighted by Gasteiger charge is -2.20. The molecule has 0 atom stereocenters. The van der Waals surface area contributed by atoms with Crippen molar-refractivity contribution in [2.75, 3.05) is 0 Å². The van der Waals surface area contributed by atoms with E-state index in [2.05, 4.69) is 4.74 Å². The highest BCUT2D eigenvalue weighted by molar-refractivity contribution is 5.72. The van der Waals surface area contributed by atoms with Crippen molar-refractivity contribution in [2.45, 2.75) is 25.9 Å². The predicted molar refractivity (Wildman–Crippen MR) is 147 cm³/mol. The average molecular weight is 635 g/mol. The molecule has 11 heteroatoms. The fourth-order valence-electron chi connectivity index (χ4n) is 4.86. The third-order valence-corrected chi connectivity index (χ3v) is 6.98. The number of benzene rings is 5. The molecule has 0 aromatic heterocycles. The van der Waals surface area contributed by atoms with Gasteiger partial charge in [-0.25, -0.2) is 35.1 Å². The van der Waals surface area contributed by atoms with Crippen LogP contribution in [0.4, 0.5) is 43.9 Å². The van der Waals surface area contributed by atoms with E-state index in [-0.39, 0.29) is 16.7 Å². The molecule has 0 saturated heterocycles. The summed E-state index contributed by atoms with van der Waals surface area (Å²) in [6.07, 6.45) is -3.27. The van der Waals surface area contributed by atoms with E-state index in [4.69, 9.17) is 0 Å². The topological polar surface area (TPSA) is 9.23 Å². The molecule has 0 bridgehead atoms. The Bertz CT molecular complexity index is 1870. The summed E-state index contributed by atoms with van der Waals surface area (Å²) in [5, 5.41) is 0. The van der Waals surface area contributed by atoms with Crippen molar-refractivity contribution in [3.63, 3.8) is 0 Å². The molecule has 0 fully saturated rings. The van der Waals surface area contributed by atoms with Crippen molar-refractivity contribution in [1.29, 1.82) is 0 Å². The van der Waals surface area contributed by atoms with E-state index in [9.17, 15) is 39.5 Å². The summed E-state index contributed by atoms with van der Waals surface area (Å²) < 4.78 is 149. The fourth-order valence-corrected chi connectivity index (χ4v) is 4.86. The molecule has 0 aliphatic rings. The maximum absolute atomic E-state index is 15.1. The molecule has 0 amide bonds. The highest BCUT2D eigenvalue weighted by atomic mass is 19.3. The molecule has 0 N–H and O–H groups in total. The molecule has 5 rings (SSSR count). The number of hydrogen-bond donors (Lipinski definition) is 0. The molecule has 5 aromatic carbocycles. The zero-order valence-electron chi connectivity index (χ0n) is 23.1. The Morgan fingerprint density at radius 1 is 0.511 bits per heavy atom. The molecule has 0 radical (unpaired) electrons. The number of hydrogen-bond acceptors (Lipinski definition) is 1. The Labute approximate surface area is 250 Å². The number of halogens is 10. The van der Waals surface area contributed by atoms with Gasteiger partial charge in [-0.15, -0.1) is 0 Å². The van der Waals surface area contributed by atoms with Crippen LogP contribution in [-0.2, 0) is 12.5 Å². The summed E-state index contributed by atoms with van der Waals surface area (Å²) >= 11 is 0. The minimum Gasteiger partial charge on any atom is -0.429 e. The van der Waals surface area contributed by atoms with Crippen LogP contribution in [0.2, 0.25) is 0 Å². The molecule has 0 saturated carbocycles. The van der Waals surface area contributed by atoms with Crippen LogP contribution >= 0.6 is 0 Å². The molecule has 1 nitrogen and oxygen atoms in total.